The number of hydrogen-bond donors (Lipinski definition) is 2. The van der Waals surface area contributed by atoms with E-state index < -0.39 is 6.04 Å². The third-order valence-corrected chi connectivity index (χ3v) is 6.01. The summed E-state index contributed by atoms with van der Waals surface area (Å²) in [6.45, 7) is 0. The summed E-state index contributed by atoms with van der Waals surface area (Å²) in [6, 6.07) is 18.6. The van der Waals surface area contributed by atoms with Crippen LogP contribution in [0.3, 0.4) is 0 Å². The topological polar surface area (TPSA) is 58.2 Å². The van der Waals surface area contributed by atoms with Crippen LogP contribution in [-0.2, 0) is 11.2 Å². The van der Waals surface area contributed by atoms with E-state index in [0.29, 0.717) is 17.9 Å². The van der Waals surface area contributed by atoms with Crippen LogP contribution in [0, 0.1) is 11.8 Å². The molecule has 3 unspecified atom stereocenters. The van der Waals surface area contributed by atoms with E-state index in [0.717, 1.165) is 17.9 Å². The molecule has 0 radical (unpaired) electrons. The quantitative estimate of drug-likeness (QED) is 0.828. The van der Waals surface area contributed by atoms with Crippen LogP contribution in [0.25, 0.3) is 0 Å². The number of amides is 2. The van der Waals surface area contributed by atoms with Crippen molar-refractivity contribution in [3.05, 3.63) is 71.8 Å². The van der Waals surface area contributed by atoms with Gasteiger partial charge in [0.15, 0.2) is 0 Å². The molecule has 0 aromatic heterocycles. The van der Waals surface area contributed by atoms with Gasteiger partial charge in [-0.05, 0) is 48.8 Å². The first-order chi connectivity index (χ1) is 13.2. The van der Waals surface area contributed by atoms with Crippen molar-refractivity contribution in [3.8, 4) is 0 Å². The minimum absolute atomic E-state index is 0.0688. The lowest BCUT2D eigenvalue weighted by molar-refractivity contribution is -0.124. The molecule has 2 aromatic carbocycles. The van der Waals surface area contributed by atoms with E-state index in [9.17, 15) is 9.59 Å². The fourth-order valence-corrected chi connectivity index (χ4v) is 4.59. The second kappa shape index (κ2) is 7.95. The molecule has 2 aromatic rings. The van der Waals surface area contributed by atoms with Gasteiger partial charge in [0, 0.05) is 18.0 Å². The molecule has 2 aliphatic rings. The monoisotopic (exact) mass is 362 g/mol. The van der Waals surface area contributed by atoms with Gasteiger partial charge in [0.25, 0.3) is 5.91 Å². The number of hydrogen-bond acceptors (Lipinski definition) is 2. The Morgan fingerprint density at radius 3 is 2.26 bits per heavy atom. The van der Waals surface area contributed by atoms with Crippen LogP contribution >= 0.6 is 0 Å². The highest BCUT2D eigenvalue weighted by atomic mass is 16.2. The van der Waals surface area contributed by atoms with E-state index in [1.165, 1.54) is 19.3 Å². The summed E-state index contributed by atoms with van der Waals surface area (Å²) in [5.41, 5.74) is 1.61. The van der Waals surface area contributed by atoms with Gasteiger partial charge in [0.1, 0.15) is 6.04 Å². The number of carbonyl (C=O) groups excluding carboxylic acids is 2. The third-order valence-electron chi connectivity index (χ3n) is 6.01. The van der Waals surface area contributed by atoms with E-state index in [1.807, 2.05) is 48.5 Å². The van der Waals surface area contributed by atoms with Crippen LogP contribution in [0.15, 0.2) is 60.7 Å². The highest BCUT2D eigenvalue weighted by Crippen LogP contribution is 2.44. The maximum atomic E-state index is 13.0. The molecule has 2 saturated carbocycles. The first-order valence-electron chi connectivity index (χ1n) is 9.89. The Kier molecular flexibility index (Phi) is 5.23. The summed E-state index contributed by atoms with van der Waals surface area (Å²) < 4.78 is 0. The highest BCUT2D eigenvalue weighted by molar-refractivity contribution is 5.97. The van der Waals surface area contributed by atoms with Gasteiger partial charge in [-0.3, -0.25) is 9.59 Å². The molecular formula is C23H26N2O2. The second-order valence-electron chi connectivity index (χ2n) is 7.87. The molecule has 4 rings (SSSR count). The zero-order chi connectivity index (χ0) is 18.6. The molecule has 0 heterocycles. The molecule has 27 heavy (non-hydrogen) atoms. The Hall–Kier alpha value is -2.62. The lowest BCUT2D eigenvalue weighted by atomic mass is 9.94. The zero-order valence-electron chi connectivity index (χ0n) is 15.4. The molecular weight excluding hydrogens is 336 g/mol. The number of rotatable bonds is 6. The molecule has 0 saturated heterocycles. The molecule has 4 atom stereocenters. The largest absolute Gasteiger partial charge is 0.351 e. The highest BCUT2D eigenvalue weighted by Gasteiger charge is 2.40. The third kappa shape index (κ3) is 4.21. The van der Waals surface area contributed by atoms with Crippen LogP contribution in [-0.4, -0.2) is 23.9 Å². The van der Waals surface area contributed by atoms with Crippen molar-refractivity contribution >= 4 is 11.8 Å². The smallest absolute Gasteiger partial charge is 0.251 e. The lowest BCUT2D eigenvalue weighted by Crippen LogP contribution is -2.51. The Morgan fingerprint density at radius 2 is 1.63 bits per heavy atom. The Balaban J connectivity index is 1.46. The van der Waals surface area contributed by atoms with Gasteiger partial charge >= 0.3 is 0 Å². The van der Waals surface area contributed by atoms with Gasteiger partial charge in [0.2, 0.25) is 5.91 Å². The maximum absolute atomic E-state index is 13.0. The molecule has 0 spiro atoms. The summed E-state index contributed by atoms with van der Waals surface area (Å²) in [7, 11) is 0. The van der Waals surface area contributed by atoms with Crippen molar-refractivity contribution in [2.24, 2.45) is 11.8 Å². The summed E-state index contributed by atoms with van der Waals surface area (Å²) in [5.74, 6) is 1.10. The van der Waals surface area contributed by atoms with Crippen molar-refractivity contribution in [2.45, 2.75) is 44.2 Å². The molecule has 2 N–H and O–H groups in total. The van der Waals surface area contributed by atoms with E-state index in [4.69, 9.17) is 0 Å². The summed E-state index contributed by atoms with van der Waals surface area (Å²) in [5, 5.41) is 6.18. The summed E-state index contributed by atoms with van der Waals surface area (Å²) in [4.78, 5) is 25.6. The minimum Gasteiger partial charge on any atom is -0.351 e. The Bertz CT molecular complexity index is 791. The first-order valence-corrected chi connectivity index (χ1v) is 9.89. The molecule has 4 heteroatoms. The Morgan fingerprint density at radius 1 is 0.926 bits per heavy atom. The number of fused-ring (bicyclic) bond motifs is 2. The van der Waals surface area contributed by atoms with E-state index in [2.05, 4.69) is 10.6 Å². The number of benzene rings is 2. The molecule has 2 amide bonds. The van der Waals surface area contributed by atoms with Crippen molar-refractivity contribution in [1.29, 1.82) is 0 Å². The molecule has 0 aliphatic heterocycles. The van der Waals surface area contributed by atoms with Crippen molar-refractivity contribution in [3.63, 3.8) is 0 Å². The number of nitrogens with one attached hydrogen (secondary N) is 2. The van der Waals surface area contributed by atoms with E-state index in [-0.39, 0.29) is 17.9 Å². The fraction of sp³-hybridized carbons (Fsp3) is 0.391. The van der Waals surface area contributed by atoms with Crippen LogP contribution in [0.2, 0.25) is 0 Å². The minimum atomic E-state index is -0.570. The SMILES string of the molecule is O=C(N[C@@H](Cc1ccccc1)C(=O)NC1CC2CCC1C2)c1ccccc1. The van der Waals surface area contributed by atoms with Crippen molar-refractivity contribution < 1.29 is 9.59 Å². The molecule has 2 aliphatic carbocycles. The van der Waals surface area contributed by atoms with E-state index in [1.54, 1.807) is 12.1 Å². The Labute approximate surface area is 160 Å². The average Bonchev–Trinajstić information content (AvgIpc) is 3.32. The second-order valence-corrected chi connectivity index (χ2v) is 7.87. The standard InChI is InChI=1S/C23H26N2O2/c26-22(18-9-5-2-6-10-18)25-21(14-16-7-3-1-4-8-16)23(27)24-20-15-17-11-12-19(20)13-17/h1-10,17,19-21H,11-15H2,(H,24,27)(H,25,26)/t17?,19?,20?,21-/m0/s1. The van der Waals surface area contributed by atoms with E-state index >= 15 is 0 Å². The first kappa shape index (κ1) is 17.8. The van der Waals surface area contributed by atoms with Gasteiger partial charge in [0.05, 0.1) is 0 Å². The van der Waals surface area contributed by atoms with Crippen LogP contribution in [0.1, 0.15) is 41.6 Å². The normalized spacial score (nSPS) is 24.4. The molecule has 140 valence electrons. The van der Waals surface area contributed by atoms with Crippen LogP contribution < -0.4 is 10.6 Å². The fourth-order valence-electron chi connectivity index (χ4n) is 4.59. The van der Waals surface area contributed by atoms with Crippen molar-refractivity contribution in [2.75, 3.05) is 0 Å². The van der Waals surface area contributed by atoms with Gasteiger partial charge in [-0.25, -0.2) is 0 Å². The summed E-state index contributed by atoms with van der Waals surface area (Å²) >= 11 is 0. The molecule has 4 nitrogen and oxygen atoms in total. The number of carbonyl (C=O) groups is 2. The van der Waals surface area contributed by atoms with Gasteiger partial charge < -0.3 is 10.6 Å². The predicted octanol–water partition coefficient (Wildman–Crippen LogP) is 3.33. The van der Waals surface area contributed by atoms with Crippen LogP contribution in [0.4, 0.5) is 0 Å². The van der Waals surface area contributed by atoms with Crippen LogP contribution in [0.5, 0.6) is 0 Å². The predicted molar refractivity (Wildman–Crippen MR) is 105 cm³/mol. The van der Waals surface area contributed by atoms with Gasteiger partial charge in [-0.2, -0.15) is 0 Å². The molecule has 2 bridgehead atoms. The van der Waals surface area contributed by atoms with Gasteiger partial charge in [-0.15, -0.1) is 0 Å². The zero-order valence-corrected chi connectivity index (χ0v) is 15.4. The summed E-state index contributed by atoms with van der Waals surface area (Å²) in [6.07, 6.45) is 5.34. The average molecular weight is 362 g/mol. The maximum Gasteiger partial charge on any atom is 0.251 e. The molecule has 2 fully saturated rings. The van der Waals surface area contributed by atoms with Gasteiger partial charge in [-0.1, -0.05) is 55.0 Å². The lowest BCUT2D eigenvalue weighted by Gasteiger charge is -2.26. The van der Waals surface area contributed by atoms with Crippen molar-refractivity contribution in [1.82, 2.24) is 10.6 Å².